The highest BCUT2D eigenvalue weighted by molar-refractivity contribution is 4.84. The molecule has 1 fully saturated rings. The van der Waals surface area contributed by atoms with Gasteiger partial charge < -0.3 is 10.1 Å². The molecule has 1 aliphatic rings. The van der Waals surface area contributed by atoms with E-state index >= 15 is 0 Å². The summed E-state index contributed by atoms with van der Waals surface area (Å²) in [5, 5.41) is 3.30. The van der Waals surface area contributed by atoms with Crippen LogP contribution in [0.1, 0.15) is 33.1 Å². The van der Waals surface area contributed by atoms with Crippen LogP contribution in [-0.4, -0.2) is 50.3 Å². The van der Waals surface area contributed by atoms with Crippen molar-refractivity contribution in [1.29, 1.82) is 0 Å². The van der Waals surface area contributed by atoms with Gasteiger partial charge in [0.1, 0.15) is 0 Å². The van der Waals surface area contributed by atoms with Gasteiger partial charge in [0, 0.05) is 25.7 Å². The van der Waals surface area contributed by atoms with E-state index in [1.807, 2.05) is 7.05 Å². The normalized spacial score (nSPS) is 27.6. The van der Waals surface area contributed by atoms with E-state index in [0.29, 0.717) is 18.2 Å². The van der Waals surface area contributed by atoms with Crippen molar-refractivity contribution >= 4 is 0 Å². The Morgan fingerprint density at radius 3 is 2.73 bits per heavy atom. The molecule has 1 saturated heterocycles. The minimum atomic E-state index is 0.322. The van der Waals surface area contributed by atoms with Crippen LogP contribution in [0.3, 0.4) is 0 Å². The van der Waals surface area contributed by atoms with Gasteiger partial charge in [0.2, 0.25) is 0 Å². The van der Waals surface area contributed by atoms with Crippen molar-refractivity contribution in [3.05, 3.63) is 0 Å². The van der Waals surface area contributed by atoms with Crippen LogP contribution >= 0.6 is 0 Å². The number of ether oxygens (including phenoxy) is 1. The molecule has 90 valence electrons. The summed E-state index contributed by atoms with van der Waals surface area (Å²) in [6, 6.07) is 1.21. The van der Waals surface area contributed by atoms with Gasteiger partial charge in [-0.15, -0.1) is 0 Å². The Kier molecular flexibility index (Phi) is 5.58. The number of piperidine rings is 1. The number of hydrogen-bond donors (Lipinski definition) is 1. The van der Waals surface area contributed by atoms with Crippen LogP contribution in [0.15, 0.2) is 0 Å². The van der Waals surface area contributed by atoms with Crippen LogP contribution in [0, 0.1) is 0 Å². The number of likely N-dealkylation sites (tertiary alicyclic amines) is 1. The second-order valence-corrected chi connectivity index (χ2v) is 4.63. The van der Waals surface area contributed by atoms with Gasteiger partial charge in [-0.3, -0.25) is 4.90 Å². The Morgan fingerprint density at radius 1 is 1.40 bits per heavy atom. The van der Waals surface area contributed by atoms with Crippen molar-refractivity contribution in [3.63, 3.8) is 0 Å². The first-order chi connectivity index (χ1) is 7.20. The Labute approximate surface area is 94.2 Å². The topological polar surface area (TPSA) is 24.5 Å². The maximum absolute atomic E-state index is 5.43. The van der Waals surface area contributed by atoms with Crippen LogP contribution in [0.4, 0.5) is 0 Å². The summed E-state index contributed by atoms with van der Waals surface area (Å²) in [4.78, 5) is 2.61. The number of methoxy groups -OCH3 is 1. The van der Waals surface area contributed by atoms with Crippen molar-refractivity contribution in [2.45, 2.75) is 51.3 Å². The lowest BCUT2D eigenvalue weighted by atomic mass is 9.98. The minimum Gasteiger partial charge on any atom is -0.380 e. The van der Waals surface area contributed by atoms with E-state index in [1.165, 1.54) is 25.8 Å². The number of nitrogens with one attached hydrogen (secondary N) is 1. The molecule has 0 aromatic rings. The monoisotopic (exact) mass is 214 g/mol. The molecule has 0 spiro atoms. The summed E-state index contributed by atoms with van der Waals surface area (Å²) in [7, 11) is 3.84. The molecule has 3 unspecified atom stereocenters. The van der Waals surface area contributed by atoms with Gasteiger partial charge in [0.05, 0.1) is 6.10 Å². The third kappa shape index (κ3) is 3.44. The van der Waals surface area contributed by atoms with E-state index in [9.17, 15) is 0 Å². The van der Waals surface area contributed by atoms with Crippen molar-refractivity contribution in [2.24, 2.45) is 0 Å². The van der Waals surface area contributed by atoms with Crippen LogP contribution < -0.4 is 5.32 Å². The number of rotatable bonds is 5. The lowest BCUT2D eigenvalue weighted by molar-refractivity contribution is 0.00155. The van der Waals surface area contributed by atoms with Gasteiger partial charge in [0.15, 0.2) is 0 Å². The first-order valence-corrected chi connectivity index (χ1v) is 6.13. The zero-order valence-corrected chi connectivity index (χ0v) is 10.6. The van der Waals surface area contributed by atoms with Crippen LogP contribution in [0.5, 0.6) is 0 Å². The van der Waals surface area contributed by atoms with Crippen LogP contribution in [0.25, 0.3) is 0 Å². The Morgan fingerprint density at radius 2 is 2.13 bits per heavy atom. The molecular formula is C12H26N2O. The van der Waals surface area contributed by atoms with Gasteiger partial charge in [-0.1, -0.05) is 6.42 Å². The molecule has 0 amide bonds. The summed E-state index contributed by atoms with van der Waals surface area (Å²) in [6.07, 6.45) is 4.35. The lowest BCUT2D eigenvalue weighted by Gasteiger charge is -2.41. The predicted octanol–water partition coefficient (Wildman–Crippen LogP) is 1.48. The van der Waals surface area contributed by atoms with Crippen molar-refractivity contribution in [3.8, 4) is 0 Å². The summed E-state index contributed by atoms with van der Waals surface area (Å²) in [6.45, 7) is 6.76. The van der Waals surface area contributed by atoms with Crippen LogP contribution in [0.2, 0.25) is 0 Å². The average molecular weight is 214 g/mol. The SMILES string of the molecule is CNCC1CCCCN1C(C)C(C)OC. The molecule has 0 aromatic carbocycles. The van der Waals surface area contributed by atoms with E-state index in [0.717, 1.165) is 6.54 Å². The van der Waals surface area contributed by atoms with Crippen molar-refractivity contribution in [2.75, 3.05) is 27.2 Å². The highest BCUT2D eigenvalue weighted by Gasteiger charge is 2.28. The Hall–Kier alpha value is -0.120. The van der Waals surface area contributed by atoms with Gasteiger partial charge >= 0.3 is 0 Å². The van der Waals surface area contributed by atoms with Gasteiger partial charge in [0.25, 0.3) is 0 Å². The van der Waals surface area contributed by atoms with Crippen molar-refractivity contribution in [1.82, 2.24) is 10.2 Å². The maximum atomic E-state index is 5.43. The van der Waals surface area contributed by atoms with Crippen molar-refractivity contribution < 1.29 is 4.74 Å². The predicted molar refractivity (Wildman–Crippen MR) is 64.2 cm³/mol. The van der Waals surface area contributed by atoms with Crippen LogP contribution in [-0.2, 0) is 4.74 Å². The fourth-order valence-electron chi connectivity index (χ4n) is 2.48. The molecule has 1 rings (SSSR count). The quantitative estimate of drug-likeness (QED) is 0.750. The highest BCUT2D eigenvalue weighted by atomic mass is 16.5. The maximum Gasteiger partial charge on any atom is 0.0695 e. The van der Waals surface area contributed by atoms with E-state index in [-0.39, 0.29) is 0 Å². The molecule has 1 heterocycles. The molecule has 3 nitrogen and oxygen atoms in total. The molecule has 0 saturated carbocycles. The summed E-state index contributed by atoms with van der Waals surface area (Å²) in [5.74, 6) is 0. The minimum absolute atomic E-state index is 0.322. The zero-order chi connectivity index (χ0) is 11.3. The standard InChI is InChI=1S/C12H26N2O/c1-10(11(2)15-4)14-8-6-5-7-12(14)9-13-3/h10-13H,5-9H2,1-4H3. The summed E-state index contributed by atoms with van der Waals surface area (Å²) < 4.78 is 5.43. The lowest BCUT2D eigenvalue weighted by Crippen LogP contribution is -2.52. The van der Waals surface area contributed by atoms with Gasteiger partial charge in [-0.25, -0.2) is 0 Å². The van der Waals surface area contributed by atoms with E-state index in [2.05, 4.69) is 24.1 Å². The zero-order valence-electron chi connectivity index (χ0n) is 10.6. The molecule has 0 radical (unpaired) electrons. The summed E-state index contributed by atoms with van der Waals surface area (Å²) in [5.41, 5.74) is 0. The number of nitrogens with zero attached hydrogens (tertiary/aromatic N) is 1. The Balaban J connectivity index is 2.54. The first-order valence-electron chi connectivity index (χ1n) is 6.13. The first kappa shape index (κ1) is 12.9. The fourth-order valence-corrected chi connectivity index (χ4v) is 2.48. The second kappa shape index (κ2) is 6.46. The Bertz CT molecular complexity index is 171. The molecule has 1 N–H and O–H groups in total. The molecule has 0 aliphatic carbocycles. The molecule has 3 atom stereocenters. The van der Waals surface area contributed by atoms with E-state index in [4.69, 9.17) is 4.74 Å². The third-order valence-corrected chi connectivity index (χ3v) is 3.69. The molecule has 0 bridgehead atoms. The van der Waals surface area contributed by atoms with Gasteiger partial charge in [-0.05, 0) is 40.3 Å². The second-order valence-electron chi connectivity index (χ2n) is 4.63. The average Bonchev–Trinajstić information content (AvgIpc) is 2.28. The van der Waals surface area contributed by atoms with E-state index in [1.54, 1.807) is 7.11 Å². The third-order valence-electron chi connectivity index (χ3n) is 3.69. The molecule has 15 heavy (non-hydrogen) atoms. The molecule has 3 heteroatoms. The van der Waals surface area contributed by atoms with E-state index < -0.39 is 0 Å². The molecule has 1 aliphatic heterocycles. The largest absolute Gasteiger partial charge is 0.380 e. The molecule has 0 aromatic heterocycles. The fraction of sp³-hybridized carbons (Fsp3) is 1.00. The highest BCUT2D eigenvalue weighted by Crippen LogP contribution is 2.21. The number of hydrogen-bond acceptors (Lipinski definition) is 3. The number of likely N-dealkylation sites (N-methyl/N-ethyl adjacent to an activating group) is 1. The molecular weight excluding hydrogens is 188 g/mol. The smallest absolute Gasteiger partial charge is 0.0695 e. The summed E-state index contributed by atoms with van der Waals surface area (Å²) >= 11 is 0. The van der Waals surface area contributed by atoms with Gasteiger partial charge in [-0.2, -0.15) is 0 Å².